The zero-order valence-electron chi connectivity index (χ0n) is 12.5. The van der Waals surface area contributed by atoms with Gasteiger partial charge in [-0.3, -0.25) is 4.79 Å². The number of nitrogen functional groups attached to an aromatic ring is 1. The third kappa shape index (κ3) is 3.06. The number of carbonyl (C=O) groups excluding carboxylic acids is 1. The van der Waals surface area contributed by atoms with Crippen LogP contribution >= 0.6 is 0 Å². The molecule has 1 aromatic carbocycles. The molecule has 1 fully saturated rings. The summed E-state index contributed by atoms with van der Waals surface area (Å²) >= 11 is 0. The molecule has 0 bridgehead atoms. The average Bonchev–Trinajstić information content (AvgIpc) is 2.42. The van der Waals surface area contributed by atoms with E-state index in [0.29, 0.717) is 22.9 Å². The van der Waals surface area contributed by atoms with Gasteiger partial charge in [-0.25, -0.2) is 0 Å². The van der Waals surface area contributed by atoms with Gasteiger partial charge in [-0.2, -0.15) is 0 Å². The number of hydrogen-bond acceptors (Lipinski definition) is 3. The van der Waals surface area contributed by atoms with E-state index in [1.165, 1.54) is 0 Å². The molecule has 2 rings (SSSR count). The number of carbonyl (C=O) groups is 1. The van der Waals surface area contributed by atoms with Crippen molar-refractivity contribution in [2.75, 3.05) is 12.8 Å². The van der Waals surface area contributed by atoms with Gasteiger partial charge < -0.3 is 15.8 Å². The van der Waals surface area contributed by atoms with Crippen molar-refractivity contribution in [3.63, 3.8) is 0 Å². The van der Waals surface area contributed by atoms with Crippen molar-refractivity contribution in [1.82, 2.24) is 5.32 Å². The summed E-state index contributed by atoms with van der Waals surface area (Å²) < 4.78 is 5.23. The maximum Gasteiger partial charge on any atom is 0.257 e. The first kappa shape index (κ1) is 14.7. The Labute approximate surface area is 120 Å². The van der Waals surface area contributed by atoms with Crippen LogP contribution in [0, 0.1) is 11.8 Å². The molecule has 110 valence electrons. The van der Waals surface area contributed by atoms with Crippen LogP contribution in [0.5, 0.6) is 5.75 Å². The zero-order chi connectivity index (χ0) is 14.7. The van der Waals surface area contributed by atoms with Crippen LogP contribution in [-0.4, -0.2) is 19.1 Å². The Kier molecular flexibility index (Phi) is 4.53. The van der Waals surface area contributed by atoms with Gasteiger partial charge in [-0.05, 0) is 43.2 Å². The molecule has 4 heteroatoms. The average molecular weight is 276 g/mol. The van der Waals surface area contributed by atoms with E-state index in [4.69, 9.17) is 10.5 Å². The van der Waals surface area contributed by atoms with Gasteiger partial charge in [0.2, 0.25) is 0 Å². The number of ether oxygens (including phenoxy) is 1. The predicted molar refractivity (Wildman–Crippen MR) is 80.8 cm³/mol. The van der Waals surface area contributed by atoms with Crippen molar-refractivity contribution in [2.45, 2.75) is 39.2 Å². The second-order valence-corrected chi connectivity index (χ2v) is 5.86. The summed E-state index contributed by atoms with van der Waals surface area (Å²) in [5.41, 5.74) is 6.81. The topological polar surface area (TPSA) is 64.3 Å². The Balaban J connectivity index is 2.09. The van der Waals surface area contributed by atoms with Crippen LogP contribution in [-0.2, 0) is 0 Å². The molecule has 0 aliphatic heterocycles. The van der Waals surface area contributed by atoms with Crippen LogP contribution in [0.4, 0.5) is 5.69 Å². The van der Waals surface area contributed by atoms with Crippen LogP contribution in [0.3, 0.4) is 0 Å². The van der Waals surface area contributed by atoms with Crippen LogP contribution < -0.4 is 15.8 Å². The third-order valence-electron chi connectivity index (χ3n) is 4.44. The fraction of sp³-hybridized carbons (Fsp3) is 0.562. The Morgan fingerprint density at radius 1 is 1.30 bits per heavy atom. The largest absolute Gasteiger partial charge is 0.496 e. The Hall–Kier alpha value is -1.71. The van der Waals surface area contributed by atoms with Gasteiger partial charge in [0.1, 0.15) is 11.3 Å². The number of hydrogen-bond donors (Lipinski definition) is 2. The number of nitrogens with one attached hydrogen (secondary N) is 1. The second kappa shape index (κ2) is 6.16. The van der Waals surface area contributed by atoms with Crippen molar-refractivity contribution in [3.05, 3.63) is 23.8 Å². The van der Waals surface area contributed by atoms with Gasteiger partial charge in [0, 0.05) is 11.7 Å². The summed E-state index contributed by atoms with van der Waals surface area (Å²) in [6, 6.07) is 5.51. The molecule has 1 aliphatic rings. The first-order chi connectivity index (χ1) is 9.52. The number of nitrogens with two attached hydrogens (primary N) is 1. The van der Waals surface area contributed by atoms with E-state index in [2.05, 4.69) is 19.2 Å². The second-order valence-electron chi connectivity index (χ2n) is 5.86. The first-order valence-electron chi connectivity index (χ1n) is 7.26. The molecule has 1 amide bonds. The number of amides is 1. The van der Waals surface area contributed by atoms with Crippen LogP contribution in [0.2, 0.25) is 0 Å². The quantitative estimate of drug-likeness (QED) is 0.834. The lowest BCUT2D eigenvalue weighted by atomic mass is 9.79. The molecule has 0 heterocycles. The molecule has 0 saturated heterocycles. The molecule has 3 unspecified atom stereocenters. The minimum Gasteiger partial charge on any atom is -0.496 e. The number of rotatable bonds is 3. The van der Waals surface area contributed by atoms with Crippen molar-refractivity contribution in [2.24, 2.45) is 11.8 Å². The van der Waals surface area contributed by atoms with E-state index >= 15 is 0 Å². The normalized spacial score (nSPS) is 26.1. The Morgan fingerprint density at radius 2 is 2.05 bits per heavy atom. The molecule has 3 atom stereocenters. The van der Waals surface area contributed by atoms with E-state index in [0.717, 1.165) is 25.2 Å². The fourth-order valence-corrected chi connectivity index (χ4v) is 2.90. The van der Waals surface area contributed by atoms with E-state index in [1.807, 2.05) is 0 Å². The van der Waals surface area contributed by atoms with Crippen molar-refractivity contribution in [3.8, 4) is 5.75 Å². The van der Waals surface area contributed by atoms with Gasteiger partial charge in [0.25, 0.3) is 5.91 Å². The molecule has 4 nitrogen and oxygen atoms in total. The zero-order valence-corrected chi connectivity index (χ0v) is 12.5. The lowest BCUT2D eigenvalue weighted by molar-refractivity contribution is 0.0908. The minimum atomic E-state index is -0.133. The molecule has 1 aromatic rings. The minimum absolute atomic E-state index is 0.133. The molecule has 3 N–H and O–H groups in total. The smallest absolute Gasteiger partial charge is 0.257 e. The maximum absolute atomic E-state index is 12.4. The lowest BCUT2D eigenvalue weighted by Crippen LogP contribution is -2.40. The highest BCUT2D eigenvalue weighted by Crippen LogP contribution is 2.30. The van der Waals surface area contributed by atoms with Gasteiger partial charge >= 0.3 is 0 Å². The number of methoxy groups -OCH3 is 1. The molecular formula is C16H24N2O2. The molecule has 1 saturated carbocycles. The monoisotopic (exact) mass is 276 g/mol. The fourth-order valence-electron chi connectivity index (χ4n) is 2.90. The van der Waals surface area contributed by atoms with Crippen molar-refractivity contribution >= 4 is 11.6 Å². The van der Waals surface area contributed by atoms with Gasteiger partial charge in [0.15, 0.2) is 0 Å². The standard InChI is InChI=1S/C16H24N2O2/c1-10-7-8-12(9-11(10)2)18-16(19)15-13(17)5-4-6-14(15)20-3/h4-6,10-12H,7-9,17H2,1-3H3,(H,18,19). The molecule has 20 heavy (non-hydrogen) atoms. The first-order valence-corrected chi connectivity index (χ1v) is 7.26. The van der Waals surface area contributed by atoms with E-state index in [9.17, 15) is 4.79 Å². The highest BCUT2D eigenvalue weighted by Gasteiger charge is 2.27. The van der Waals surface area contributed by atoms with E-state index < -0.39 is 0 Å². The summed E-state index contributed by atoms with van der Waals surface area (Å²) in [6.07, 6.45) is 3.22. The number of anilines is 1. The highest BCUT2D eigenvalue weighted by molar-refractivity contribution is 6.02. The molecule has 0 spiro atoms. The van der Waals surface area contributed by atoms with Gasteiger partial charge in [0.05, 0.1) is 7.11 Å². The molecular weight excluding hydrogens is 252 g/mol. The van der Waals surface area contributed by atoms with E-state index in [-0.39, 0.29) is 11.9 Å². The van der Waals surface area contributed by atoms with Crippen LogP contribution in [0.1, 0.15) is 43.5 Å². The predicted octanol–water partition coefficient (Wildman–Crippen LogP) is 2.83. The van der Waals surface area contributed by atoms with E-state index in [1.54, 1.807) is 25.3 Å². The summed E-state index contributed by atoms with van der Waals surface area (Å²) in [5.74, 6) is 1.77. The summed E-state index contributed by atoms with van der Waals surface area (Å²) in [4.78, 5) is 12.4. The van der Waals surface area contributed by atoms with Crippen molar-refractivity contribution in [1.29, 1.82) is 0 Å². The summed E-state index contributed by atoms with van der Waals surface area (Å²) in [7, 11) is 1.55. The highest BCUT2D eigenvalue weighted by atomic mass is 16.5. The maximum atomic E-state index is 12.4. The molecule has 0 aromatic heterocycles. The number of benzene rings is 1. The molecule has 0 radical (unpaired) electrons. The molecule has 1 aliphatic carbocycles. The summed E-state index contributed by atoms with van der Waals surface area (Å²) in [5, 5.41) is 3.10. The van der Waals surface area contributed by atoms with Gasteiger partial charge in [-0.15, -0.1) is 0 Å². The Bertz CT molecular complexity index is 487. The van der Waals surface area contributed by atoms with Crippen LogP contribution in [0.25, 0.3) is 0 Å². The summed E-state index contributed by atoms with van der Waals surface area (Å²) in [6.45, 7) is 4.53. The van der Waals surface area contributed by atoms with Crippen LogP contribution in [0.15, 0.2) is 18.2 Å². The van der Waals surface area contributed by atoms with Gasteiger partial charge in [-0.1, -0.05) is 19.9 Å². The van der Waals surface area contributed by atoms with Crippen molar-refractivity contribution < 1.29 is 9.53 Å². The Morgan fingerprint density at radius 3 is 2.70 bits per heavy atom. The SMILES string of the molecule is COc1cccc(N)c1C(=O)NC1CCC(C)C(C)C1. The lowest BCUT2D eigenvalue weighted by Gasteiger charge is -2.32. The third-order valence-corrected chi connectivity index (χ3v) is 4.44.